The molecule has 1 aromatic rings. The number of oxime groups is 1. The van der Waals surface area contributed by atoms with Crippen molar-refractivity contribution in [2.45, 2.75) is 19.1 Å². The molecule has 0 bridgehead atoms. The first-order valence-electron chi connectivity index (χ1n) is 5.75. The highest BCUT2D eigenvalue weighted by Gasteiger charge is 2.10. The Morgan fingerprint density at radius 1 is 1.33 bits per heavy atom. The van der Waals surface area contributed by atoms with E-state index in [1.165, 1.54) is 0 Å². The van der Waals surface area contributed by atoms with Crippen LogP contribution in [0, 0.1) is 0 Å². The van der Waals surface area contributed by atoms with Gasteiger partial charge in [0.1, 0.15) is 6.61 Å². The number of benzene rings is 1. The molecule has 1 aromatic carbocycles. The Morgan fingerprint density at radius 3 is 2.72 bits per heavy atom. The van der Waals surface area contributed by atoms with Gasteiger partial charge < -0.3 is 4.84 Å². The summed E-state index contributed by atoms with van der Waals surface area (Å²) in [4.78, 5) is 4.85. The second-order valence-corrected chi connectivity index (χ2v) is 5.50. The number of hydrogen-bond acceptors (Lipinski definition) is 4. The van der Waals surface area contributed by atoms with Crippen LogP contribution in [0.3, 0.4) is 0 Å². The topological polar surface area (TPSA) is 67.8 Å². The molecule has 0 aliphatic carbocycles. The van der Waals surface area contributed by atoms with Crippen LogP contribution in [0.25, 0.3) is 0 Å². The molecule has 5 nitrogen and oxygen atoms in total. The molecule has 0 aromatic heterocycles. The summed E-state index contributed by atoms with van der Waals surface area (Å²) in [6, 6.07) is 9.08. The minimum atomic E-state index is -3.27. The maximum atomic E-state index is 11.7. The molecular formula is C12H18N2O3S. The molecule has 1 N–H and O–H groups in total. The molecule has 0 unspecified atom stereocenters. The Labute approximate surface area is 108 Å². The summed E-state index contributed by atoms with van der Waals surface area (Å²) in [5, 5.41) is 3.57. The molecule has 0 fully saturated rings. The van der Waals surface area contributed by atoms with Crippen molar-refractivity contribution >= 4 is 16.2 Å². The third-order valence-electron chi connectivity index (χ3n) is 2.11. The van der Waals surface area contributed by atoms with E-state index in [2.05, 4.69) is 9.88 Å². The number of nitrogens with zero attached hydrogens (tertiary/aromatic N) is 1. The quantitative estimate of drug-likeness (QED) is 0.442. The van der Waals surface area contributed by atoms with E-state index in [1.54, 1.807) is 25.3 Å². The lowest BCUT2D eigenvalue weighted by atomic mass is 10.2. The fraction of sp³-hybridized carbons (Fsp3) is 0.417. The van der Waals surface area contributed by atoms with Gasteiger partial charge in [0.2, 0.25) is 10.0 Å². The molecular weight excluding hydrogens is 252 g/mol. The first kappa shape index (κ1) is 14.7. The summed E-state index contributed by atoms with van der Waals surface area (Å²) in [5.74, 6) is 0.00180. The second kappa shape index (κ2) is 7.84. The maximum absolute atomic E-state index is 11.7. The van der Waals surface area contributed by atoms with Crippen molar-refractivity contribution in [3.05, 3.63) is 35.9 Å². The average Bonchev–Trinajstić information content (AvgIpc) is 2.34. The molecule has 0 spiro atoms. The van der Waals surface area contributed by atoms with Gasteiger partial charge in [0, 0.05) is 12.8 Å². The van der Waals surface area contributed by atoms with Gasteiger partial charge in [-0.1, -0.05) is 35.5 Å². The van der Waals surface area contributed by atoms with Crippen LogP contribution in [0.2, 0.25) is 0 Å². The van der Waals surface area contributed by atoms with Gasteiger partial charge in [0.15, 0.2) is 0 Å². The highest BCUT2D eigenvalue weighted by atomic mass is 32.2. The first-order chi connectivity index (χ1) is 8.64. The standard InChI is InChI=1S/C12H18N2O3S/c1-2-13-17-10-6-9-14-18(15,16)11-12-7-4-3-5-8-12/h2-5,7-8,14H,6,9-11H2,1H3/b13-2+. The van der Waals surface area contributed by atoms with E-state index in [4.69, 9.17) is 4.84 Å². The molecule has 100 valence electrons. The number of hydrogen-bond donors (Lipinski definition) is 1. The van der Waals surface area contributed by atoms with E-state index in [9.17, 15) is 8.42 Å². The van der Waals surface area contributed by atoms with Gasteiger partial charge in [-0.2, -0.15) is 0 Å². The number of sulfonamides is 1. The maximum Gasteiger partial charge on any atom is 0.215 e. The third-order valence-corrected chi connectivity index (χ3v) is 3.47. The zero-order chi connectivity index (χ0) is 13.3. The zero-order valence-electron chi connectivity index (χ0n) is 10.4. The second-order valence-electron chi connectivity index (χ2n) is 3.69. The van der Waals surface area contributed by atoms with Crippen molar-refractivity contribution in [1.29, 1.82) is 0 Å². The minimum Gasteiger partial charge on any atom is -0.396 e. The average molecular weight is 270 g/mol. The molecule has 0 atom stereocenters. The molecule has 0 heterocycles. The SMILES string of the molecule is C/C=N/OCCCNS(=O)(=O)Cc1ccccc1. The van der Waals surface area contributed by atoms with Gasteiger partial charge in [0.05, 0.1) is 5.75 Å². The van der Waals surface area contributed by atoms with E-state index >= 15 is 0 Å². The largest absolute Gasteiger partial charge is 0.396 e. The van der Waals surface area contributed by atoms with E-state index < -0.39 is 10.0 Å². The predicted octanol–water partition coefficient (Wildman–Crippen LogP) is 1.52. The Bertz CT molecular complexity index is 457. The Morgan fingerprint density at radius 2 is 2.06 bits per heavy atom. The van der Waals surface area contributed by atoms with Crippen LogP contribution in [-0.4, -0.2) is 27.8 Å². The summed E-state index contributed by atoms with van der Waals surface area (Å²) >= 11 is 0. The van der Waals surface area contributed by atoms with Crippen LogP contribution >= 0.6 is 0 Å². The van der Waals surface area contributed by atoms with Crippen molar-refractivity contribution < 1.29 is 13.3 Å². The summed E-state index contributed by atoms with van der Waals surface area (Å²) < 4.78 is 25.9. The van der Waals surface area contributed by atoms with E-state index in [0.717, 1.165) is 5.56 Å². The Balaban J connectivity index is 2.28. The van der Waals surface area contributed by atoms with Gasteiger partial charge in [-0.25, -0.2) is 13.1 Å². The van der Waals surface area contributed by atoms with Crippen molar-refractivity contribution in [2.75, 3.05) is 13.2 Å². The van der Waals surface area contributed by atoms with Crippen molar-refractivity contribution in [3.63, 3.8) is 0 Å². The van der Waals surface area contributed by atoms with Crippen molar-refractivity contribution in [3.8, 4) is 0 Å². The normalized spacial score (nSPS) is 11.8. The summed E-state index contributed by atoms with van der Waals surface area (Å²) in [6.45, 7) is 2.51. The van der Waals surface area contributed by atoms with Crippen LogP contribution in [-0.2, 0) is 20.6 Å². The molecule has 1 rings (SSSR count). The molecule has 0 aliphatic heterocycles. The molecule has 0 radical (unpaired) electrons. The monoisotopic (exact) mass is 270 g/mol. The summed E-state index contributed by atoms with van der Waals surface area (Å²) in [7, 11) is -3.27. The lowest BCUT2D eigenvalue weighted by Crippen LogP contribution is -2.26. The summed E-state index contributed by atoms with van der Waals surface area (Å²) in [5.41, 5.74) is 0.775. The fourth-order valence-corrected chi connectivity index (χ4v) is 2.52. The lowest BCUT2D eigenvalue weighted by Gasteiger charge is -2.06. The molecule has 0 saturated carbocycles. The van der Waals surface area contributed by atoms with E-state index in [1.807, 2.05) is 18.2 Å². The van der Waals surface area contributed by atoms with Crippen LogP contribution in [0.5, 0.6) is 0 Å². The highest BCUT2D eigenvalue weighted by molar-refractivity contribution is 7.88. The van der Waals surface area contributed by atoms with Crippen molar-refractivity contribution in [2.24, 2.45) is 5.16 Å². The minimum absolute atomic E-state index is 0.00180. The smallest absolute Gasteiger partial charge is 0.215 e. The van der Waals surface area contributed by atoms with Gasteiger partial charge in [-0.15, -0.1) is 0 Å². The van der Waals surface area contributed by atoms with Gasteiger partial charge in [0.25, 0.3) is 0 Å². The van der Waals surface area contributed by atoms with Gasteiger partial charge >= 0.3 is 0 Å². The Hall–Kier alpha value is -1.40. The van der Waals surface area contributed by atoms with Crippen LogP contribution in [0.1, 0.15) is 18.9 Å². The predicted molar refractivity (Wildman–Crippen MR) is 71.8 cm³/mol. The van der Waals surface area contributed by atoms with Crippen LogP contribution in [0.15, 0.2) is 35.5 Å². The van der Waals surface area contributed by atoms with Crippen molar-refractivity contribution in [1.82, 2.24) is 4.72 Å². The van der Waals surface area contributed by atoms with E-state index in [0.29, 0.717) is 19.6 Å². The van der Waals surface area contributed by atoms with Gasteiger partial charge in [-0.3, -0.25) is 0 Å². The molecule has 18 heavy (non-hydrogen) atoms. The highest BCUT2D eigenvalue weighted by Crippen LogP contribution is 2.03. The molecule has 0 saturated heterocycles. The van der Waals surface area contributed by atoms with Crippen LogP contribution < -0.4 is 4.72 Å². The van der Waals surface area contributed by atoms with Crippen LogP contribution in [0.4, 0.5) is 0 Å². The summed E-state index contributed by atoms with van der Waals surface area (Å²) in [6.07, 6.45) is 2.13. The molecule has 0 aliphatic rings. The third kappa shape index (κ3) is 6.36. The Kier molecular flexibility index (Phi) is 6.38. The zero-order valence-corrected chi connectivity index (χ0v) is 11.2. The fourth-order valence-electron chi connectivity index (χ4n) is 1.34. The molecule has 6 heteroatoms. The van der Waals surface area contributed by atoms with Gasteiger partial charge in [-0.05, 0) is 18.9 Å². The first-order valence-corrected chi connectivity index (χ1v) is 7.40. The lowest BCUT2D eigenvalue weighted by molar-refractivity contribution is 0.144. The van der Waals surface area contributed by atoms with E-state index in [-0.39, 0.29) is 5.75 Å². The molecule has 0 amide bonds. The number of nitrogens with one attached hydrogen (secondary N) is 1. The number of rotatable bonds is 8.